The lowest BCUT2D eigenvalue weighted by atomic mass is 9.77. The predicted octanol–water partition coefficient (Wildman–Crippen LogP) is 4.44. The number of alkyl halides is 2. The maximum Gasteiger partial charge on any atom is 0.302 e. The van der Waals surface area contributed by atoms with Crippen LogP contribution in [0.2, 0.25) is 5.02 Å². The van der Waals surface area contributed by atoms with Crippen molar-refractivity contribution in [3.05, 3.63) is 40.5 Å². The minimum atomic E-state index is -3.27. The molecule has 0 amide bonds. The van der Waals surface area contributed by atoms with Crippen LogP contribution in [0.3, 0.4) is 0 Å². The first-order valence-electron chi connectivity index (χ1n) is 11.4. The summed E-state index contributed by atoms with van der Waals surface area (Å²) in [6.45, 7) is 1.16. The number of rotatable bonds is 5. The van der Waals surface area contributed by atoms with E-state index in [2.05, 4.69) is 15.3 Å². The van der Waals surface area contributed by atoms with Gasteiger partial charge in [0.25, 0.3) is 0 Å². The number of aliphatic hydroxyl groups is 1. The van der Waals surface area contributed by atoms with Crippen molar-refractivity contribution in [1.29, 1.82) is 0 Å². The Hall–Kier alpha value is -1.84. The van der Waals surface area contributed by atoms with E-state index < -0.39 is 33.7 Å². The van der Waals surface area contributed by atoms with E-state index in [9.17, 15) is 18.1 Å². The van der Waals surface area contributed by atoms with Crippen LogP contribution in [-0.2, 0) is 16.7 Å². The smallest absolute Gasteiger partial charge is 0.302 e. The molecular weight excluding hydrogens is 470 g/mol. The third kappa shape index (κ3) is 4.35. The Balaban J connectivity index is 1.45. The highest BCUT2D eigenvalue weighted by Gasteiger charge is 2.49. The molecule has 5 rings (SSSR count). The lowest BCUT2D eigenvalue weighted by Gasteiger charge is -2.41. The van der Waals surface area contributed by atoms with Crippen molar-refractivity contribution in [3.63, 3.8) is 0 Å². The van der Waals surface area contributed by atoms with Crippen molar-refractivity contribution >= 4 is 34.2 Å². The van der Waals surface area contributed by atoms with Crippen molar-refractivity contribution < 1.29 is 18.1 Å². The van der Waals surface area contributed by atoms with E-state index in [1.54, 1.807) is 0 Å². The summed E-state index contributed by atoms with van der Waals surface area (Å²) in [5.74, 6) is -3.28. The minimum absolute atomic E-state index is 0.0164. The molecule has 0 bridgehead atoms. The largest absolute Gasteiger partial charge is 0.394 e. The minimum Gasteiger partial charge on any atom is -0.394 e. The molecule has 1 aromatic carbocycles. The van der Waals surface area contributed by atoms with Gasteiger partial charge in [-0.2, -0.15) is 13.8 Å². The van der Waals surface area contributed by atoms with Crippen LogP contribution in [0.4, 0.5) is 20.5 Å². The molecule has 10 heteroatoms. The molecular formula is C23H27ClF2N4O2S. The zero-order chi connectivity index (χ0) is 23.2. The molecule has 2 atom stereocenters. The molecule has 2 fully saturated rings. The van der Waals surface area contributed by atoms with Crippen LogP contribution in [0.25, 0.3) is 0 Å². The van der Waals surface area contributed by atoms with Gasteiger partial charge in [-0.3, -0.25) is 4.21 Å². The van der Waals surface area contributed by atoms with Gasteiger partial charge in [0.05, 0.1) is 28.7 Å². The van der Waals surface area contributed by atoms with Crippen LogP contribution in [0.15, 0.2) is 29.2 Å². The Morgan fingerprint density at radius 3 is 2.58 bits per heavy atom. The molecule has 178 valence electrons. The number of benzene rings is 1. The summed E-state index contributed by atoms with van der Waals surface area (Å²) in [4.78, 5) is 10.8. The van der Waals surface area contributed by atoms with Gasteiger partial charge in [-0.25, -0.2) is 4.98 Å². The summed E-state index contributed by atoms with van der Waals surface area (Å²) >= 11 is 6.02. The summed E-state index contributed by atoms with van der Waals surface area (Å²) in [6, 6.07) is 7.86. The first kappa shape index (κ1) is 22.9. The molecule has 1 aliphatic carbocycles. The number of hydrogen-bond acceptors (Lipinski definition) is 6. The standard InChI is InChI=1S/C23H27ClF2N4O2S/c24-17-6-4-16(5-7-17)15-3-1-11-30(12-8-15)21-27-19-18(33(32)14-23(19,25)26)20(28-21)29-22(13-31)9-2-10-22/h4-7,15,31H,1-3,8-14H2,(H,27,28,29)/t15?,33-/m1/s1. The number of anilines is 2. The third-order valence-corrected chi connectivity index (χ3v) is 8.81. The van der Waals surface area contributed by atoms with Gasteiger partial charge in [-0.05, 0) is 62.1 Å². The van der Waals surface area contributed by atoms with E-state index in [4.69, 9.17) is 11.6 Å². The second-order valence-electron chi connectivity index (χ2n) is 9.33. The van der Waals surface area contributed by atoms with E-state index in [1.807, 2.05) is 29.2 Å². The quantitative estimate of drug-likeness (QED) is 0.637. The Kier molecular flexibility index (Phi) is 6.07. The Morgan fingerprint density at radius 1 is 1.15 bits per heavy atom. The Labute approximate surface area is 199 Å². The average Bonchev–Trinajstić information content (AvgIpc) is 2.91. The van der Waals surface area contributed by atoms with Crippen molar-refractivity contribution in [1.82, 2.24) is 9.97 Å². The van der Waals surface area contributed by atoms with Gasteiger partial charge >= 0.3 is 5.92 Å². The van der Waals surface area contributed by atoms with Crippen LogP contribution in [0, 0.1) is 0 Å². The highest BCUT2D eigenvalue weighted by atomic mass is 35.5. The van der Waals surface area contributed by atoms with E-state index in [1.165, 1.54) is 5.56 Å². The van der Waals surface area contributed by atoms with Crippen LogP contribution in [-0.4, -0.2) is 50.3 Å². The SMILES string of the molecule is O=[S@@]1CC(F)(F)c2nc(N3CCCC(c4ccc(Cl)cc4)CC3)nc(NC3(CO)CCC3)c21. The fourth-order valence-corrected chi connectivity index (χ4v) is 6.43. The van der Waals surface area contributed by atoms with E-state index in [-0.39, 0.29) is 23.3 Å². The van der Waals surface area contributed by atoms with E-state index in [0.29, 0.717) is 36.9 Å². The number of aliphatic hydroxyl groups excluding tert-OH is 1. The van der Waals surface area contributed by atoms with Gasteiger partial charge in [0.2, 0.25) is 5.95 Å². The Bertz CT molecular complexity index is 1060. The van der Waals surface area contributed by atoms with Gasteiger partial charge in [-0.1, -0.05) is 23.7 Å². The lowest BCUT2D eigenvalue weighted by molar-refractivity contribution is 0.0191. The fourth-order valence-electron chi connectivity index (χ4n) is 4.98. The molecule has 3 heterocycles. The summed E-state index contributed by atoms with van der Waals surface area (Å²) in [5, 5.41) is 13.8. The highest BCUT2D eigenvalue weighted by molar-refractivity contribution is 7.85. The molecule has 1 unspecified atom stereocenters. The topological polar surface area (TPSA) is 78.4 Å². The van der Waals surface area contributed by atoms with Crippen molar-refractivity contribution in [2.45, 2.75) is 60.8 Å². The van der Waals surface area contributed by atoms with Gasteiger partial charge in [-0.15, -0.1) is 0 Å². The number of nitrogens with one attached hydrogen (secondary N) is 1. The monoisotopic (exact) mass is 496 g/mol. The zero-order valence-corrected chi connectivity index (χ0v) is 19.8. The van der Waals surface area contributed by atoms with Crippen molar-refractivity contribution in [3.8, 4) is 0 Å². The molecule has 0 radical (unpaired) electrons. The summed E-state index contributed by atoms with van der Waals surface area (Å²) in [7, 11) is -1.89. The number of halogens is 3. The molecule has 6 nitrogen and oxygen atoms in total. The number of fused-ring (bicyclic) bond motifs is 1. The number of nitrogens with zero attached hydrogens (tertiary/aromatic N) is 3. The van der Waals surface area contributed by atoms with E-state index in [0.717, 1.165) is 25.7 Å². The van der Waals surface area contributed by atoms with Gasteiger partial charge in [0, 0.05) is 18.1 Å². The van der Waals surface area contributed by atoms with Gasteiger partial charge < -0.3 is 15.3 Å². The van der Waals surface area contributed by atoms with Crippen LogP contribution in [0.1, 0.15) is 55.7 Å². The molecule has 2 aromatic rings. The van der Waals surface area contributed by atoms with Crippen molar-refractivity contribution in [2.24, 2.45) is 0 Å². The molecule has 1 saturated heterocycles. The first-order valence-corrected chi connectivity index (χ1v) is 13.1. The van der Waals surface area contributed by atoms with Crippen molar-refractivity contribution in [2.75, 3.05) is 35.7 Å². The fraction of sp³-hybridized carbons (Fsp3) is 0.565. The zero-order valence-electron chi connectivity index (χ0n) is 18.2. The first-order chi connectivity index (χ1) is 15.8. The third-order valence-electron chi connectivity index (χ3n) is 7.09. The maximum atomic E-state index is 14.7. The molecule has 0 spiro atoms. The molecule has 2 N–H and O–H groups in total. The summed E-state index contributed by atoms with van der Waals surface area (Å²) < 4.78 is 42.0. The van der Waals surface area contributed by atoms with Crippen LogP contribution in [0.5, 0.6) is 0 Å². The predicted molar refractivity (Wildman–Crippen MR) is 125 cm³/mol. The number of aromatic nitrogens is 2. The van der Waals surface area contributed by atoms with Gasteiger partial charge in [0.1, 0.15) is 16.4 Å². The molecule has 1 saturated carbocycles. The summed E-state index contributed by atoms with van der Waals surface area (Å²) in [6.07, 6.45) is 5.06. The Morgan fingerprint density at radius 2 is 1.91 bits per heavy atom. The summed E-state index contributed by atoms with van der Waals surface area (Å²) in [5.41, 5.74) is 0.175. The lowest BCUT2D eigenvalue weighted by Crippen LogP contribution is -2.48. The second-order valence-corrected chi connectivity index (χ2v) is 11.2. The molecule has 3 aliphatic rings. The normalized spacial score (nSPS) is 25.8. The molecule has 2 aliphatic heterocycles. The van der Waals surface area contributed by atoms with Gasteiger partial charge in [0.15, 0.2) is 0 Å². The van der Waals surface area contributed by atoms with E-state index >= 15 is 0 Å². The van der Waals surface area contributed by atoms with Crippen LogP contribution >= 0.6 is 11.6 Å². The second kappa shape index (κ2) is 8.74. The highest BCUT2D eigenvalue weighted by Crippen LogP contribution is 2.45. The maximum absolute atomic E-state index is 14.7. The molecule has 33 heavy (non-hydrogen) atoms. The molecule has 1 aromatic heterocycles. The number of hydrogen-bond donors (Lipinski definition) is 2. The average molecular weight is 497 g/mol. The van der Waals surface area contributed by atoms with Crippen LogP contribution < -0.4 is 10.2 Å².